The van der Waals surface area contributed by atoms with E-state index in [4.69, 9.17) is 4.74 Å². The van der Waals surface area contributed by atoms with Crippen LogP contribution in [0.5, 0.6) is 23.0 Å². The van der Waals surface area contributed by atoms with E-state index in [2.05, 4.69) is 5.32 Å². The number of benzene rings is 3. The Balaban J connectivity index is 1.58. The number of rotatable bonds is 7. The summed E-state index contributed by atoms with van der Waals surface area (Å²) in [6, 6.07) is 10.3. The molecule has 214 valence electrons. The van der Waals surface area contributed by atoms with Crippen molar-refractivity contribution < 1.29 is 49.4 Å². The van der Waals surface area contributed by atoms with Gasteiger partial charge in [-0.15, -0.1) is 0 Å². The van der Waals surface area contributed by atoms with Crippen LogP contribution in [0.2, 0.25) is 0 Å². The normalized spacial score (nSPS) is 16.8. The molecule has 1 amide bonds. The smallest absolute Gasteiger partial charge is 0.338 e. The van der Waals surface area contributed by atoms with Crippen molar-refractivity contribution in [3.05, 3.63) is 82.4 Å². The number of amides is 1. The molecule has 0 saturated carbocycles. The van der Waals surface area contributed by atoms with Gasteiger partial charge in [-0.2, -0.15) is 0 Å². The number of likely N-dealkylation sites (N-methyl/N-ethyl adjacent to an activating group) is 1. The molecule has 1 saturated heterocycles. The van der Waals surface area contributed by atoms with Crippen molar-refractivity contribution in [2.24, 2.45) is 0 Å². The first-order valence-corrected chi connectivity index (χ1v) is 12.6. The molecule has 0 radical (unpaired) electrons. The van der Waals surface area contributed by atoms with E-state index >= 15 is 0 Å². The molecule has 3 aromatic carbocycles. The Labute approximate surface area is 234 Å². The molecule has 3 aromatic rings. The number of aromatic hydroxyl groups is 4. The zero-order valence-electron chi connectivity index (χ0n) is 21.9. The fourth-order valence-electron chi connectivity index (χ4n) is 4.73. The molecule has 1 heterocycles. The summed E-state index contributed by atoms with van der Waals surface area (Å²) in [7, 11) is 1.57. The third kappa shape index (κ3) is 6.07. The van der Waals surface area contributed by atoms with E-state index in [9.17, 15) is 44.7 Å². The van der Waals surface area contributed by atoms with E-state index in [1.165, 1.54) is 35.2 Å². The second-order valence-electron chi connectivity index (χ2n) is 9.54. The molecule has 0 bridgehead atoms. The third-order valence-electron chi connectivity index (χ3n) is 6.87. The molecule has 0 aromatic heterocycles. The Morgan fingerprint density at radius 2 is 1.54 bits per heavy atom. The maximum absolute atomic E-state index is 13.1. The minimum absolute atomic E-state index is 0.00858. The number of hydrogen-bond donors (Lipinski definition) is 6. The van der Waals surface area contributed by atoms with Crippen molar-refractivity contribution in [3.63, 3.8) is 0 Å². The van der Waals surface area contributed by atoms with Crippen molar-refractivity contribution in [1.29, 1.82) is 0 Å². The van der Waals surface area contributed by atoms with Crippen molar-refractivity contribution in [2.75, 3.05) is 20.1 Å². The lowest BCUT2D eigenvalue weighted by Gasteiger charge is -2.33. The highest BCUT2D eigenvalue weighted by Gasteiger charge is 2.34. The number of esters is 1. The molecular weight excluding hydrogens is 536 g/mol. The average Bonchev–Trinajstić information content (AvgIpc) is 3.17. The fourth-order valence-corrected chi connectivity index (χ4v) is 4.73. The van der Waals surface area contributed by atoms with Crippen LogP contribution in [-0.2, 0) is 4.74 Å². The van der Waals surface area contributed by atoms with Gasteiger partial charge < -0.3 is 40.5 Å². The van der Waals surface area contributed by atoms with Crippen molar-refractivity contribution >= 4 is 23.6 Å². The van der Waals surface area contributed by atoms with Crippen LogP contribution in [0, 0.1) is 0 Å². The third-order valence-corrected chi connectivity index (χ3v) is 6.87. The zero-order chi connectivity index (χ0) is 29.8. The van der Waals surface area contributed by atoms with Gasteiger partial charge >= 0.3 is 11.9 Å². The zero-order valence-corrected chi connectivity index (χ0v) is 21.9. The predicted octanol–water partition coefficient (Wildman–Crippen LogP) is 2.49. The maximum Gasteiger partial charge on any atom is 0.338 e. The summed E-state index contributed by atoms with van der Waals surface area (Å²) in [5, 5.41) is 53.4. The number of carboxylic acids is 1. The van der Waals surface area contributed by atoms with E-state index in [0.29, 0.717) is 31.5 Å². The summed E-state index contributed by atoms with van der Waals surface area (Å²) >= 11 is 0. The van der Waals surface area contributed by atoms with Crippen LogP contribution >= 0.6 is 0 Å². The van der Waals surface area contributed by atoms with Crippen LogP contribution < -0.4 is 5.32 Å². The molecule has 4 rings (SSSR count). The number of carbonyl (C=O) groups excluding carboxylic acids is 3. The number of aromatic carboxylic acids is 1. The fraction of sp³-hybridized carbons (Fsp3) is 0.241. The standard InChI is InChI=1S/C29H28N2O10/c1-31(27(37)15-7-9-17(32)10-8-15)19-14-30-11-3-6-23(19)41-29(40)16-12-21(34)25(22(35)13-16)26(36)24-18(28(38)39)4-2-5-20(24)33/h2,4-5,7-10,12-13,19,23,30,32-35H,3,6,11,14H2,1H3,(H,38,39). The second-order valence-corrected chi connectivity index (χ2v) is 9.54. The summed E-state index contributed by atoms with van der Waals surface area (Å²) in [6.45, 7) is 0.934. The molecular formula is C29H28N2O10. The van der Waals surface area contributed by atoms with E-state index in [-0.39, 0.29) is 17.2 Å². The number of nitrogens with one attached hydrogen (secondary N) is 1. The first-order valence-electron chi connectivity index (χ1n) is 12.6. The summed E-state index contributed by atoms with van der Waals surface area (Å²) < 4.78 is 5.72. The van der Waals surface area contributed by atoms with Crippen molar-refractivity contribution in [1.82, 2.24) is 10.2 Å². The second kappa shape index (κ2) is 12.0. The molecule has 12 heteroatoms. The van der Waals surface area contributed by atoms with Crippen LogP contribution in [0.3, 0.4) is 0 Å². The summed E-state index contributed by atoms with van der Waals surface area (Å²) in [5.74, 6) is -6.30. The van der Waals surface area contributed by atoms with Gasteiger partial charge in [0.2, 0.25) is 5.78 Å². The lowest BCUT2D eigenvalue weighted by atomic mass is 9.95. The maximum atomic E-state index is 13.1. The highest BCUT2D eigenvalue weighted by Crippen LogP contribution is 2.35. The Bertz CT molecular complexity index is 1480. The summed E-state index contributed by atoms with van der Waals surface area (Å²) in [5.41, 5.74) is -1.87. The van der Waals surface area contributed by atoms with Gasteiger partial charge in [-0.1, -0.05) is 6.07 Å². The van der Waals surface area contributed by atoms with Gasteiger partial charge in [0.1, 0.15) is 34.7 Å². The largest absolute Gasteiger partial charge is 0.508 e. The minimum Gasteiger partial charge on any atom is -0.508 e. The molecule has 1 fully saturated rings. The first kappa shape index (κ1) is 28.9. The lowest BCUT2D eigenvalue weighted by molar-refractivity contribution is 0.00344. The Morgan fingerprint density at radius 3 is 2.17 bits per heavy atom. The summed E-state index contributed by atoms with van der Waals surface area (Å²) in [6.07, 6.45) is 0.260. The highest BCUT2D eigenvalue weighted by atomic mass is 16.5. The van der Waals surface area contributed by atoms with E-state index in [1.54, 1.807) is 7.05 Å². The SMILES string of the molecule is CN(C(=O)c1ccc(O)cc1)C1CNCCCC1OC(=O)c1cc(O)c(C(=O)c2c(O)cccc2C(=O)O)c(O)c1. The molecule has 6 N–H and O–H groups in total. The minimum atomic E-state index is -1.51. The molecule has 12 nitrogen and oxygen atoms in total. The Morgan fingerprint density at radius 1 is 0.878 bits per heavy atom. The summed E-state index contributed by atoms with van der Waals surface area (Å²) in [4.78, 5) is 52.3. The quantitative estimate of drug-likeness (QED) is 0.182. The number of phenols is 4. The van der Waals surface area contributed by atoms with Crippen LogP contribution in [0.4, 0.5) is 0 Å². The molecule has 2 atom stereocenters. The molecule has 0 aliphatic carbocycles. The molecule has 1 aliphatic heterocycles. The highest BCUT2D eigenvalue weighted by molar-refractivity contribution is 6.18. The van der Waals surface area contributed by atoms with Gasteiger partial charge in [-0.05, 0) is 67.9 Å². The topological polar surface area (TPSA) is 194 Å². The number of carbonyl (C=O) groups is 4. The Hall–Kier alpha value is -5.10. The van der Waals surface area contributed by atoms with Crippen molar-refractivity contribution in [2.45, 2.75) is 25.0 Å². The number of hydrogen-bond acceptors (Lipinski definition) is 10. The molecule has 1 aliphatic rings. The van der Waals surface area contributed by atoms with Gasteiger partial charge in [0.05, 0.1) is 22.7 Å². The number of ether oxygens (including phenoxy) is 1. The lowest BCUT2D eigenvalue weighted by Crippen LogP contribution is -2.50. The van der Waals surface area contributed by atoms with E-state index in [0.717, 1.165) is 24.3 Å². The first-order chi connectivity index (χ1) is 19.5. The van der Waals surface area contributed by atoms with Crippen LogP contribution in [-0.4, -0.2) is 86.3 Å². The Kier molecular flexibility index (Phi) is 8.43. The van der Waals surface area contributed by atoms with Gasteiger partial charge in [0.15, 0.2) is 0 Å². The monoisotopic (exact) mass is 564 g/mol. The van der Waals surface area contributed by atoms with Crippen molar-refractivity contribution in [3.8, 4) is 23.0 Å². The molecule has 2 unspecified atom stereocenters. The van der Waals surface area contributed by atoms with Gasteiger partial charge in [-0.25, -0.2) is 9.59 Å². The van der Waals surface area contributed by atoms with Gasteiger partial charge in [0.25, 0.3) is 5.91 Å². The number of nitrogens with zero attached hydrogens (tertiary/aromatic N) is 1. The molecule has 0 spiro atoms. The number of phenolic OH excluding ortho intramolecular Hbond substituents is 4. The van der Waals surface area contributed by atoms with Crippen LogP contribution in [0.25, 0.3) is 0 Å². The van der Waals surface area contributed by atoms with Crippen LogP contribution in [0.15, 0.2) is 54.6 Å². The van der Waals surface area contributed by atoms with E-state index < -0.39 is 63.8 Å². The average molecular weight is 565 g/mol. The predicted molar refractivity (Wildman–Crippen MR) is 144 cm³/mol. The van der Waals surface area contributed by atoms with Crippen LogP contribution in [0.1, 0.15) is 59.8 Å². The molecule has 41 heavy (non-hydrogen) atoms. The van der Waals surface area contributed by atoms with Gasteiger partial charge in [0, 0.05) is 19.2 Å². The number of ketones is 1. The van der Waals surface area contributed by atoms with E-state index in [1.807, 2.05) is 0 Å². The van der Waals surface area contributed by atoms with Gasteiger partial charge in [-0.3, -0.25) is 9.59 Å². The number of carboxylic acid groups (broad SMARTS) is 1.